The van der Waals surface area contributed by atoms with E-state index in [0.717, 1.165) is 17.5 Å². The van der Waals surface area contributed by atoms with Crippen LogP contribution in [0, 0.1) is 0 Å². The highest BCUT2D eigenvalue weighted by Crippen LogP contribution is 2.15. The zero-order valence-corrected chi connectivity index (χ0v) is 13.9. The van der Waals surface area contributed by atoms with Gasteiger partial charge in [0.2, 0.25) is 5.91 Å². The number of nitrogens with zero attached hydrogens (tertiary/aromatic N) is 1. The van der Waals surface area contributed by atoms with Crippen molar-refractivity contribution < 1.29 is 9.53 Å². The average molecular weight is 325 g/mol. The fourth-order valence-corrected chi connectivity index (χ4v) is 2.79. The minimum Gasteiger partial charge on any atom is -0.372 e. The molecule has 1 amide bonds. The maximum atomic E-state index is 12.4. The van der Waals surface area contributed by atoms with E-state index < -0.39 is 0 Å². The number of anilines is 1. The summed E-state index contributed by atoms with van der Waals surface area (Å²) in [6.07, 6.45) is 3.37. The van der Waals surface area contributed by atoms with Crippen LogP contribution in [0.1, 0.15) is 24.5 Å². The number of ether oxygens (including phenoxy) is 1. The van der Waals surface area contributed by atoms with Gasteiger partial charge in [-0.1, -0.05) is 37.3 Å². The van der Waals surface area contributed by atoms with E-state index >= 15 is 0 Å². The number of aromatic nitrogens is 1. The molecule has 1 saturated heterocycles. The second kappa shape index (κ2) is 8.04. The molecule has 0 unspecified atom stereocenters. The Labute approximate surface area is 142 Å². The van der Waals surface area contributed by atoms with Gasteiger partial charge in [0.05, 0.1) is 18.8 Å². The first-order chi connectivity index (χ1) is 11.7. The third-order valence-electron chi connectivity index (χ3n) is 4.22. The zero-order valence-electron chi connectivity index (χ0n) is 13.9. The van der Waals surface area contributed by atoms with Crippen LogP contribution in [0.4, 0.5) is 5.82 Å². The molecule has 0 spiro atoms. The van der Waals surface area contributed by atoms with Crippen molar-refractivity contribution in [3.05, 3.63) is 59.8 Å². The average Bonchev–Trinajstić information content (AvgIpc) is 3.10. The van der Waals surface area contributed by atoms with Crippen molar-refractivity contribution in [2.45, 2.75) is 38.5 Å². The van der Waals surface area contributed by atoms with Crippen LogP contribution in [0.2, 0.25) is 0 Å². The van der Waals surface area contributed by atoms with Gasteiger partial charge in [-0.2, -0.15) is 0 Å². The smallest absolute Gasteiger partial charge is 0.242 e. The number of amides is 1. The van der Waals surface area contributed by atoms with Crippen molar-refractivity contribution in [3.63, 3.8) is 0 Å². The number of hydrogen-bond donors (Lipinski definition) is 2. The fourth-order valence-electron chi connectivity index (χ4n) is 2.79. The Morgan fingerprint density at radius 1 is 1.29 bits per heavy atom. The monoisotopic (exact) mass is 325 g/mol. The summed E-state index contributed by atoms with van der Waals surface area (Å²) in [4.78, 5) is 16.6. The van der Waals surface area contributed by atoms with E-state index in [9.17, 15) is 4.79 Å². The van der Waals surface area contributed by atoms with E-state index in [1.807, 2.05) is 42.5 Å². The summed E-state index contributed by atoms with van der Waals surface area (Å²) in [5, 5.41) is 6.11. The molecule has 0 saturated carbocycles. The molecule has 1 aromatic heterocycles. The van der Waals surface area contributed by atoms with Crippen LogP contribution in [0.5, 0.6) is 0 Å². The molecule has 5 heteroatoms. The second-order valence-corrected chi connectivity index (χ2v) is 6.01. The van der Waals surface area contributed by atoms with E-state index in [1.54, 1.807) is 6.20 Å². The lowest BCUT2D eigenvalue weighted by Crippen LogP contribution is -2.35. The van der Waals surface area contributed by atoms with E-state index in [2.05, 4.69) is 22.5 Å². The highest BCUT2D eigenvalue weighted by molar-refractivity contribution is 5.94. The van der Waals surface area contributed by atoms with Crippen molar-refractivity contribution in [3.8, 4) is 0 Å². The normalized spacial score (nSPS) is 20.0. The van der Waals surface area contributed by atoms with Crippen molar-refractivity contribution >= 4 is 11.7 Å². The minimum atomic E-state index is -0.238. The van der Waals surface area contributed by atoms with Crippen molar-refractivity contribution in [2.75, 3.05) is 11.9 Å². The number of aryl methyl sites for hydroxylation is 1. The first-order valence-electron chi connectivity index (χ1n) is 8.39. The molecule has 2 aromatic rings. The van der Waals surface area contributed by atoms with Crippen molar-refractivity contribution in [1.29, 1.82) is 0 Å². The SMILES string of the molecule is CCc1ccnc(NC(=O)[C@@H]2C[C@@H](OCc3ccccc3)CN2)c1. The Morgan fingerprint density at radius 3 is 2.92 bits per heavy atom. The summed E-state index contributed by atoms with van der Waals surface area (Å²) in [5.74, 6) is 0.552. The summed E-state index contributed by atoms with van der Waals surface area (Å²) in [6, 6.07) is 13.7. The molecule has 0 aliphatic carbocycles. The molecule has 5 nitrogen and oxygen atoms in total. The van der Waals surface area contributed by atoms with Gasteiger partial charge in [-0.05, 0) is 36.1 Å². The van der Waals surface area contributed by atoms with Gasteiger partial charge in [0.15, 0.2) is 0 Å². The molecule has 24 heavy (non-hydrogen) atoms. The summed E-state index contributed by atoms with van der Waals surface area (Å²) in [7, 11) is 0. The van der Waals surface area contributed by atoms with E-state index in [-0.39, 0.29) is 18.1 Å². The quantitative estimate of drug-likeness (QED) is 0.857. The topological polar surface area (TPSA) is 63.2 Å². The van der Waals surface area contributed by atoms with Crippen molar-refractivity contribution in [1.82, 2.24) is 10.3 Å². The van der Waals surface area contributed by atoms with Crippen LogP contribution in [-0.4, -0.2) is 29.6 Å². The molecule has 1 aliphatic rings. The van der Waals surface area contributed by atoms with Gasteiger partial charge in [-0.3, -0.25) is 4.79 Å². The first kappa shape index (κ1) is 16.6. The van der Waals surface area contributed by atoms with Crippen LogP contribution >= 0.6 is 0 Å². The minimum absolute atomic E-state index is 0.0518. The number of benzene rings is 1. The van der Waals surface area contributed by atoms with Gasteiger partial charge in [0, 0.05) is 12.7 Å². The van der Waals surface area contributed by atoms with Gasteiger partial charge in [0.25, 0.3) is 0 Å². The molecular weight excluding hydrogens is 302 g/mol. The molecule has 0 bridgehead atoms. The van der Waals surface area contributed by atoms with Crippen LogP contribution in [0.15, 0.2) is 48.7 Å². The molecule has 2 atom stereocenters. The maximum Gasteiger partial charge on any atom is 0.242 e. The highest BCUT2D eigenvalue weighted by atomic mass is 16.5. The third kappa shape index (κ3) is 4.40. The van der Waals surface area contributed by atoms with Crippen LogP contribution in [0.25, 0.3) is 0 Å². The molecular formula is C19H23N3O2. The molecule has 126 valence electrons. The predicted molar refractivity (Wildman–Crippen MR) is 93.7 cm³/mol. The number of pyridine rings is 1. The molecule has 2 N–H and O–H groups in total. The number of carbonyl (C=O) groups is 1. The van der Waals surface area contributed by atoms with Gasteiger partial charge in [0.1, 0.15) is 5.82 Å². The Bertz CT molecular complexity index is 675. The highest BCUT2D eigenvalue weighted by Gasteiger charge is 2.30. The maximum absolute atomic E-state index is 12.4. The van der Waals surface area contributed by atoms with Gasteiger partial charge in [-0.15, -0.1) is 0 Å². The Hall–Kier alpha value is -2.24. The summed E-state index contributed by atoms with van der Waals surface area (Å²) < 4.78 is 5.90. The van der Waals surface area contributed by atoms with Crippen LogP contribution in [0.3, 0.4) is 0 Å². The number of nitrogens with one attached hydrogen (secondary N) is 2. The summed E-state index contributed by atoms with van der Waals surface area (Å²) in [6.45, 7) is 3.34. The largest absolute Gasteiger partial charge is 0.372 e. The number of carbonyl (C=O) groups excluding carboxylic acids is 1. The molecule has 2 heterocycles. The summed E-state index contributed by atoms with van der Waals surface area (Å²) in [5.41, 5.74) is 2.30. The predicted octanol–water partition coefficient (Wildman–Crippen LogP) is 2.53. The number of hydrogen-bond acceptors (Lipinski definition) is 4. The lowest BCUT2D eigenvalue weighted by atomic mass is 10.1. The fraction of sp³-hybridized carbons (Fsp3) is 0.368. The lowest BCUT2D eigenvalue weighted by Gasteiger charge is -2.12. The van der Waals surface area contributed by atoms with Gasteiger partial charge < -0.3 is 15.4 Å². The zero-order chi connectivity index (χ0) is 16.8. The second-order valence-electron chi connectivity index (χ2n) is 6.01. The number of rotatable bonds is 6. The molecule has 3 rings (SSSR count). The third-order valence-corrected chi connectivity index (χ3v) is 4.22. The van der Waals surface area contributed by atoms with E-state index in [4.69, 9.17) is 4.74 Å². The first-order valence-corrected chi connectivity index (χ1v) is 8.39. The van der Waals surface area contributed by atoms with Crippen LogP contribution in [-0.2, 0) is 22.6 Å². The lowest BCUT2D eigenvalue weighted by molar-refractivity contribution is -0.118. The molecule has 0 radical (unpaired) electrons. The Morgan fingerprint density at radius 2 is 2.12 bits per heavy atom. The van der Waals surface area contributed by atoms with Gasteiger partial charge in [-0.25, -0.2) is 4.98 Å². The van der Waals surface area contributed by atoms with Crippen LogP contribution < -0.4 is 10.6 Å². The van der Waals surface area contributed by atoms with Gasteiger partial charge >= 0.3 is 0 Å². The molecule has 1 aromatic carbocycles. The van der Waals surface area contributed by atoms with E-state index in [0.29, 0.717) is 25.4 Å². The Kier molecular flexibility index (Phi) is 5.56. The summed E-state index contributed by atoms with van der Waals surface area (Å²) >= 11 is 0. The Balaban J connectivity index is 1.48. The molecule has 1 fully saturated rings. The van der Waals surface area contributed by atoms with Crippen molar-refractivity contribution in [2.24, 2.45) is 0 Å². The standard InChI is InChI=1S/C19H23N3O2/c1-2-14-8-9-20-18(10-14)22-19(23)17-11-16(12-21-17)24-13-15-6-4-3-5-7-15/h3-10,16-17,21H,2,11-13H2,1H3,(H,20,22,23)/t16-,17+/m1/s1. The molecule has 1 aliphatic heterocycles. The van der Waals surface area contributed by atoms with E-state index in [1.165, 1.54) is 0 Å².